The maximum atomic E-state index is 14.1. The summed E-state index contributed by atoms with van der Waals surface area (Å²) in [7, 11) is 2.94. The smallest absolute Gasteiger partial charge is 0.330 e. The van der Waals surface area contributed by atoms with Crippen molar-refractivity contribution in [2.75, 3.05) is 29.3 Å². The zero-order chi connectivity index (χ0) is 29.1. The third kappa shape index (κ3) is 5.75. The topological polar surface area (TPSA) is 138 Å². The quantitative estimate of drug-likeness (QED) is 0.301. The summed E-state index contributed by atoms with van der Waals surface area (Å²) in [4.78, 5) is 38.4. The molecular weight excluding hydrogens is 571 g/mol. The molecule has 1 fully saturated rings. The summed E-state index contributed by atoms with van der Waals surface area (Å²) in [5.41, 5.74) is 1.69. The maximum Gasteiger partial charge on any atom is 0.330 e. The fourth-order valence-corrected chi connectivity index (χ4v) is 5.85. The summed E-state index contributed by atoms with van der Waals surface area (Å²) in [6.07, 6.45) is 9.96. The van der Waals surface area contributed by atoms with Gasteiger partial charge in [0.15, 0.2) is 0 Å². The maximum absolute atomic E-state index is 14.1. The standard InChI is InChI=1S/C27H30Cl2N8O4/c1-4-21(38)33-17-7-5-6-8-18(17)34-26-30-12-16-14-36(24-22(28)19(40-2)9-20(41-3)23(24)29)27(39)37(25(16)35-26)13-15-10-31-32-11-15/h4,9-12,17-18H,1,5-8,13-14H2,2-3H3,(H,31,32)(H,33,38)(H,30,34,35)/t17-,18+/m0/s1. The molecule has 1 aromatic carbocycles. The third-order valence-corrected chi connectivity index (χ3v) is 7.93. The van der Waals surface area contributed by atoms with Crippen molar-refractivity contribution in [1.29, 1.82) is 0 Å². The van der Waals surface area contributed by atoms with Gasteiger partial charge in [-0.2, -0.15) is 10.1 Å². The molecule has 0 saturated heterocycles. The highest BCUT2D eigenvalue weighted by atomic mass is 35.5. The highest BCUT2D eigenvalue weighted by molar-refractivity contribution is 6.42. The highest BCUT2D eigenvalue weighted by Crippen LogP contribution is 2.48. The van der Waals surface area contributed by atoms with Crippen LogP contribution in [0.1, 0.15) is 36.8 Å². The molecule has 3 N–H and O–H groups in total. The van der Waals surface area contributed by atoms with E-state index in [1.54, 1.807) is 24.7 Å². The molecule has 0 spiro atoms. The first-order chi connectivity index (χ1) is 19.8. The van der Waals surface area contributed by atoms with Gasteiger partial charge >= 0.3 is 6.03 Å². The summed E-state index contributed by atoms with van der Waals surface area (Å²) < 4.78 is 10.8. The first-order valence-corrected chi connectivity index (χ1v) is 13.8. The van der Waals surface area contributed by atoms with E-state index < -0.39 is 6.03 Å². The fraction of sp³-hybridized carbons (Fsp3) is 0.370. The average molecular weight is 601 g/mol. The van der Waals surface area contributed by atoms with Crippen LogP contribution in [0.3, 0.4) is 0 Å². The molecule has 1 aliphatic heterocycles. The number of carbonyl (C=O) groups excluding carboxylic acids is 2. The number of aromatic amines is 1. The van der Waals surface area contributed by atoms with Crippen LogP contribution in [-0.4, -0.2) is 58.4 Å². The summed E-state index contributed by atoms with van der Waals surface area (Å²) in [6.45, 7) is 3.83. The van der Waals surface area contributed by atoms with Crippen molar-refractivity contribution >= 4 is 52.6 Å². The molecule has 12 nitrogen and oxygen atoms in total. The minimum absolute atomic E-state index is 0.0781. The van der Waals surface area contributed by atoms with Crippen molar-refractivity contribution in [3.05, 3.63) is 58.5 Å². The Balaban J connectivity index is 1.52. The number of fused-ring (bicyclic) bond motifs is 1. The molecule has 3 aromatic rings. The number of ether oxygens (including phenoxy) is 2. The van der Waals surface area contributed by atoms with E-state index in [4.69, 9.17) is 37.7 Å². The molecule has 1 aliphatic carbocycles. The number of halogens is 2. The van der Waals surface area contributed by atoms with Gasteiger partial charge in [0.2, 0.25) is 11.9 Å². The number of carbonyl (C=O) groups is 2. The van der Waals surface area contributed by atoms with Crippen LogP contribution in [0.2, 0.25) is 10.0 Å². The number of anilines is 3. The van der Waals surface area contributed by atoms with Crippen LogP contribution in [0, 0.1) is 0 Å². The number of methoxy groups -OCH3 is 2. The van der Waals surface area contributed by atoms with Crippen molar-refractivity contribution < 1.29 is 19.1 Å². The van der Waals surface area contributed by atoms with E-state index in [-0.39, 0.29) is 46.8 Å². The molecule has 0 radical (unpaired) electrons. The largest absolute Gasteiger partial charge is 0.495 e. The van der Waals surface area contributed by atoms with E-state index in [1.165, 1.54) is 30.1 Å². The van der Waals surface area contributed by atoms with Crippen LogP contribution in [-0.2, 0) is 17.9 Å². The van der Waals surface area contributed by atoms with Crippen LogP contribution in [0.5, 0.6) is 11.5 Å². The molecule has 2 atom stereocenters. The number of hydrogen-bond donors (Lipinski definition) is 3. The lowest BCUT2D eigenvalue weighted by atomic mass is 9.90. The van der Waals surface area contributed by atoms with Gasteiger partial charge in [0, 0.05) is 41.7 Å². The zero-order valence-electron chi connectivity index (χ0n) is 22.6. The lowest BCUT2D eigenvalue weighted by Gasteiger charge is -2.37. The normalized spacial score (nSPS) is 18.5. The Labute approximate surface area is 247 Å². The Kier molecular flexibility index (Phi) is 8.50. The van der Waals surface area contributed by atoms with Gasteiger partial charge < -0.3 is 20.1 Å². The second kappa shape index (κ2) is 12.2. The fourth-order valence-electron chi connectivity index (χ4n) is 5.14. The van der Waals surface area contributed by atoms with Crippen molar-refractivity contribution in [2.24, 2.45) is 0 Å². The first kappa shape index (κ1) is 28.5. The third-order valence-electron chi connectivity index (χ3n) is 7.20. The van der Waals surface area contributed by atoms with Gasteiger partial charge in [0.1, 0.15) is 27.4 Å². The van der Waals surface area contributed by atoms with E-state index in [1.807, 2.05) is 0 Å². The molecule has 2 aromatic heterocycles. The van der Waals surface area contributed by atoms with Gasteiger partial charge in [0.25, 0.3) is 0 Å². The molecule has 3 heterocycles. The van der Waals surface area contributed by atoms with Crippen LogP contribution in [0.15, 0.2) is 37.3 Å². The Bertz CT molecular complexity index is 1420. The van der Waals surface area contributed by atoms with Crippen LogP contribution < -0.4 is 29.9 Å². The molecule has 5 rings (SSSR count). The molecule has 2 aliphatic rings. The van der Waals surface area contributed by atoms with Crippen molar-refractivity contribution in [2.45, 2.75) is 50.9 Å². The van der Waals surface area contributed by atoms with Crippen molar-refractivity contribution in [3.8, 4) is 11.5 Å². The van der Waals surface area contributed by atoms with E-state index in [0.717, 1.165) is 31.2 Å². The minimum Gasteiger partial charge on any atom is -0.495 e. The predicted molar refractivity (Wildman–Crippen MR) is 156 cm³/mol. The predicted octanol–water partition coefficient (Wildman–Crippen LogP) is 4.70. The van der Waals surface area contributed by atoms with Crippen LogP contribution >= 0.6 is 23.2 Å². The summed E-state index contributed by atoms with van der Waals surface area (Å²) in [6, 6.07) is 0.985. The Morgan fingerprint density at radius 3 is 2.51 bits per heavy atom. The molecule has 3 amide bonds. The molecule has 216 valence electrons. The number of rotatable bonds is 9. The number of amides is 3. The Hall–Kier alpha value is -4.03. The number of aromatic nitrogens is 4. The van der Waals surface area contributed by atoms with E-state index in [2.05, 4.69) is 32.4 Å². The monoisotopic (exact) mass is 600 g/mol. The van der Waals surface area contributed by atoms with Gasteiger partial charge in [-0.1, -0.05) is 42.6 Å². The Morgan fingerprint density at radius 1 is 1.17 bits per heavy atom. The number of nitrogens with one attached hydrogen (secondary N) is 3. The second-order valence-electron chi connectivity index (χ2n) is 9.72. The summed E-state index contributed by atoms with van der Waals surface area (Å²) in [5, 5.41) is 13.5. The molecule has 0 unspecified atom stereocenters. The van der Waals surface area contributed by atoms with E-state index >= 15 is 0 Å². The van der Waals surface area contributed by atoms with Gasteiger partial charge in [-0.3, -0.25) is 19.7 Å². The first-order valence-electron chi connectivity index (χ1n) is 13.1. The number of hydrogen-bond acceptors (Lipinski definition) is 8. The van der Waals surface area contributed by atoms with Crippen LogP contribution in [0.25, 0.3) is 0 Å². The van der Waals surface area contributed by atoms with E-state index in [9.17, 15) is 9.59 Å². The molecule has 14 heteroatoms. The molecule has 41 heavy (non-hydrogen) atoms. The van der Waals surface area contributed by atoms with Crippen LogP contribution in [0.4, 0.5) is 22.2 Å². The van der Waals surface area contributed by atoms with Gasteiger partial charge in [-0.25, -0.2) is 9.78 Å². The van der Waals surface area contributed by atoms with Gasteiger partial charge in [-0.15, -0.1) is 0 Å². The Morgan fingerprint density at radius 2 is 1.88 bits per heavy atom. The second-order valence-corrected chi connectivity index (χ2v) is 10.5. The van der Waals surface area contributed by atoms with Gasteiger partial charge in [-0.05, 0) is 18.9 Å². The van der Waals surface area contributed by atoms with E-state index in [0.29, 0.717) is 28.8 Å². The molecule has 1 saturated carbocycles. The van der Waals surface area contributed by atoms with Crippen molar-refractivity contribution in [1.82, 2.24) is 25.5 Å². The SMILES string of the molecule is C=CC(=O)N[C@H]1CCCC[C@H]1Nc1ncc2c(n1)N(Cc1cn[nH]c1)C(=O)N(c1c(Cl)c(OC)cc(OC)c1Cl)C2. The van der Waals surface area contributed by atoms with Gasteiger partial charge in [0.05, 0.1) is 39.2 Å². The lowest BCUT2D eigenvalue weighted by molar-refractivity contribution is -0.117. The number of H-pyrrole nitrogens is 1. The lowest BCUT2D eigenvalue weighted by Crippen LogP contribution is -2.49. The van der Waals surface area contributed by atoms with Crippen molar-refractivity contribution in [3.63, 3.8) is 0 Å². The molecular formula is C27H30Cl2N8O4. The summed E-state index contributed by atoms with van der Waals surface area (Å²) in [5.74, 6) is 1.19. The molecule has 0 bridgehead atoms. The number of nitrogens with zero attached hydrogens (tertiary/aromatic N) is 5. The average Bonchev–Trinajstić information content (AvgIpc) is 3.50. The number of urea groups is 1. The zero-order valence-corrected chi connectivity index (χ0v) is 24.1. The highest BCUT2D eigenvalue weighted by Gasteiger charge is 2.37. The minimum atomic E-state index is -0.406. The summed E-state index contributed by atoms with van der Waals surface area (Å²) >= 11 is 13.4. The number of benzene rings is 1.